The van der Waals surface area contributed by atoms with Crippen LogP contribution in [0.5, 0.6) is 0 Å². The van der Waals surface area contributed by atoms with Crippen molar-refractivity contribution in [3.05, 3.63) is 84.8 Å². The molecule has 144 valence electrons. The summed E-state index contributed by atoms with van der Waals surface area (Å²) in [6, 6.07) is 21.5. The van der Waals surface area contributed by atoms with E-state index in [9.17, 15) is 4.79 Å². The van der Waals surface area contributed by atoms with Gasteiger partial charge < -0.3 is 5.32 Å². The summed E-state index contributed by atoms with van der Waals surface area (Å²) in [7, 11) is 0. The van der Waals surface area contributed by atoms with Gasteiger partial charge in [0, 0.05) is 6.04 Å². The molecule has 7 nitrogen and oxygen atoms in total. The fourth-order valence-electron chi connectivity index (χ4n) is 3.61. The van der Waals surface area contributed by atoms with E-state index in [-0.39, 0.29) is 18.0 Å². The second-order valence-electron chi connectivity index (χ2n) is 7.04. The Bertz CT molecular complexity index is 1140. The molecule has 7 heteroatoms. The van der Waals surface area contributed by atoms with Crippen molar-refractivity contribution in [2.24, 2.45) is 0 Å². The van der Waals surface area contributed by atoms with Crippen LogP contribution in [0.3, 0.4) is 0 Å². The molecule has 1 fully saturated rings. The molecule has 0 saturated carbocycles. The first kappa shape index (κ1) is 17.5. The van der Waals surface area contributed by atoms with Crippen molar-refractivity contribution >= 4 is 22.6 Å². The SMILES string of the molecule is O=C(Nc1ccc(-n2cnc3ccccc32)nc1)C1CC(c2ccccc2)NN1. The molecule has 2 aromatic heterocycles. The van der Waals surface area contributed by atoms with Crippen LogP contribution < -0.4 is 16.2 Å². The minimum absolute atomic E-state index is 0.0847. The van der Waals surface area contributed by atoms with Gasteiger partial charge in [-0.3, -0.25) is 9.36 Å². The molecule has 1 aliphatic heterocycles. The highest BCUT2D eigenvalue weighted by Gasteiger charge is 2.30. The van der Waals surface area contributed by atoms with Crippen molar-refractivity contribution in [3.8, 4) is 5.82 Å². The van der Waals surface area contributed by atoms with Crippen LogP contribution in [0.15, 0.2) is 79.3 Å². The van der Waals surface area contributed by atoms with E-state index in [2.05, 4.69) is 38.3 Å². The van der Waals surface area contributed by atoms with Crippen molar-refractivity contribution in [2.45, 2.75) is 18.5 Å². The lowest BCUT2D eigenvalue weighted by Crippen LogP contribution is -2.39. The van der Waals surface area contributed by atoms with E-state index in [0.717, 1.165) is 22.4 Å². The number of para-hydroxylation sites is 2. The van der Waals surface area contributed by atoms with E-state index < -0.39 is 0 Å². The zero-order valence-electron chi connectivity index (χ0n) is 15.6. The van der Waals surface area contributed by atoms with Gasteiger partial charge in [-0.1, -0.05) is 42.5 Å². The summed E-state index contributed by atoms with van der Waals surface area (Å²) in [5, 5.41) is 2.94. The summed E-state index contributed by atoms with van der Waals surface area (Å²) in [5.41, 5.74) is 10.0. The van der Waals surface area contributed by atoms with Crippen LogP contribution in [0.1, 0.15) is 18.0 Å². The minimum Gasteiger partial charge on any atom is -0.323 e. The third kappa shape index (κ3) is 3.49. The number of fused-ring (bicyclic) bond motifs is 1. The average Bonchev–Trinajstić information content (AvgIpc) is 3.43. The Labute approximate surface area is 167 Å². The first-order valence-corrected chi connectivity index (χ1v) is 9.53. The van der Waals surface area contributed by atoms with E-state index in [4.69, 9.17) is 0 Å². The average molecular weight is 384 g/mol. The molecule has 3 N–H and O–H groups in total. The molecule has 4 aromatic rings. The number of nitrogens with one attached hydrogen (secondary N) is 3. The number of hydrazine groups is 1. The van der Waals surface area contributed by atoms with Crippen LogP contribution in [-0.2, 0) is 4.79 Å². The van der Waals surface area contributed by atoms with E-state index in [1.807, 2.05) is 59.2 Å². The molecule has 2 atom stereocenters. The minimum atomic E-state index is -0.308. The zero-order chi connectivity index (χ0) is 19.6. The van der Waals surface area contributed by atoms with Gasteiger partial charge in [0.25, 0.3) is 0 Å². The fourth-order valence-corrected chi connectivity index (χ4v) is 3.61. The number of anilines is 1. The second kappa shape index (κ2) is 7.46. The smallest absolute Gasteiger partial charge is 0.242 e. The number of nitrogens with zero attached hydrogens (tertiary/aromatic N) is 3. The Kier molecular flexibility index (Phi) is 4.51. The van der Waals surface area contributed by atoms with E-state index in [0.29, 0.717) is 12.1 Å². The summed E-state index contributed by atoms with van der Waals surface area (Å²) < 4.78 is 1.92. The molecule has 2 unspecified atom stereocenters. The third-order valence-electron chi connectivity index (χ3n) is 5.14. The standard InChI is InChI=1S/C22H20N6O/c29-22(19-12-18(26-27-19)15-6-2-1-3-7-15)25-16-10-11-21(23-13-16)28-14-24-17-8-4-5-9-20(17)28/h1-11,13-14,18-19,26-27H,12H2,(H,25,29). The van der Waals surface area contributed by atoms with Gasteiger partial charge in [-0.05, 0) is 36.2 Å². The molecule has 29 heavy (non-hydrogen) atoms. The number of imidazole rings is 1. The lowest BCUT2D eigenvalue weighted by atomic mass is 10.0. The summed E-state index contributed by atoms with van der Waals surface area (Å²) >= 11 is 0. The Hall–Kier alpha value is -3.55. The maximum Gasteiger partial charge on any atom is 0.242 e. The van der Waals surface area contributed by atoms with Crippen LogP contribution in [0.4, 0.5) is 5.69 Å². The number of benzene rings is 2. The third-order valence-corrected chi connectivity index (χ3v) is 5.14. The molecule has 0 spiro atoms. The van der Waals surface area contributed by atoms with Crippen molar-refractivity contribution in [3.63, 3.8) is 0 Å². The summed E-state index contributed by atoms with van der Waals surface area (Å²) in [6.07, 6.45) is 4.10. The molecular formula is C22H20N6O. The topological polar surface area (TPSA) is 83.9 Å². The fraction of sp³-hybridized carbons (Fsp3) is 0.136. The number of carbonyl (C=O) groups excluding carboxylic acids is 1. The van der Waals surface area contributed by atoms with Crippen LogP contribution in [0.2, 0.25) is 0 Å². The number of hydrogen-bond acceptors (Lipinski definition) is 5. The summed E-state index contributed by atoms with van der Waals surface area (Å²) in [5.74, 6) is 0.667. The lowest BCUT2D eigenvalue weighted by Gasteiger charge is -2.11. The molecule has 3 heterocycles. The monoisotopic (exact) mass is 384 g/mol. The maximum absolute atomic E-state index is 12.6. The number of hydrogen-bond donors (Lipinski definition) is 3. The first-order chi connectivity index (χ1) is 14.3. The van der Waals surface area contributed by atoms with Gasteiger partial charge in [-0.2, -0.15) is 0 Å². The van der Waals surface area contributed by atoms with Gasteiger partial charge in [-0.25, -0.2) is 20.8 Å². The van der Waals surface area contributed by atoms with Gasteiger partial charge >= 0.3 is 0 Å². The Morgan fingerprint density at radius 1 is 0.966 bits per heavy atom. The van der Waals surface area contributed by atoms with Crippen LogP contribution in [0, 0.1) is 0 Å². The molecule has 1 amide bonds. The predicted octanol–water partition coefficient (Wildman–Crippen LogP) is 2.97. The van der Waals surface area contributed by atoms with Gasteiger partial charge in [-0.15, -0.1) is 0 Å². The van der Waals surface area contributed by atoms with Crippen molar-refractivity contribution in [1.82, 2.24) is 25.4 Å². The number of aromatic nitrogens is 3. The molecular weight excluding hydrogens is 364 g/mol. The van der Waals surface area contributed by atoms with Crippen molar-refractivity contribution in [2.75, 3.05) is 5.32 Å². The molecule has 0 bridgehead atoms. The molecule has 2 aromatic carbocycles. The lowest BCUT2D eigenvalue weighted by molar-refractivity contribution is -0.117. The Morgan fingerprint density at radius 2 is 1.79 bits per heavy atom. The van der Waals surface area contributed by atoms with E-state index in [1.165, 1.54) is 0 Å². The van der Waals surface area contributed by atoms with Gasteiger partial charge in [0.2, 0.25) is 5.91 Å². The summed E-state index contributed by atoms with van der Waals surface area (Å²) in [6.45, 7) is 0. The predicted molar refractivity (Wildman–Crippen MR) is 111 cm³/mol. The Morgan fingerprint density at radius 3 is 2.62 bits per heavy atom. The second-order valence-corrected chi connectivity index (χ2v) is 7.04. The van der Waals surface area contributed by atoms with Crippen LogP contribution in [0.25, 0.3) is 16.9 Å². The molecule has 1 aliphatic rings. The van der Waals surface area contributed by atoms with Gasteiger partial charge in [0.15, 0.2) is 0 Å². The zero-order valence-corrected chi connectivity index (χ0v) is 15.6. The summed E-state index contributed by atoms with van der Waals surface area (Å²) in [4.78, 5) is 21.5. The number of amides is 1. The van der Waals surface area contributed by atoms with Crippen molar-refractivity contribution < 1.29 is 4.79 Å². The van der Waals surface area contributed by atoms with Crippen molar-refractivity contribution in [1.29, 1.82) is 0 Å². The van der Waals surface area contributed by atoms with Gasteiger partial charge in [0.1, 0.15) is 18.2 Å². The number of carbonyl (C=O) groups is 1. The number of rotatable bonds is 4. The normalized spacial score (nSPS) is 18.8. The highest BCUT2D eigenvalue weighted by Crippen LogP contribution is 2.23. The van der Waals surface area contributed by atoms with E-state index in [1.54, 1.807) is 12.5 Å². The molecule has 1 saturated heterocycles. The number of pyridine rings is 1. The van der Waals surface area contributed by atoms with E-state index >= 15 is 0 Å². The van der Waals surface area contributed by atoms with Crippen LogP contribution >= 0.6 is 0 Å². The first-order valence-electron chi connectivity index (χ1n) is 9.53. The van der Waals surface area contributed by atoms with Gasteiger partial charge in [0.05, 0.1) is 22.9 Å². The highest BCUT2D eigenvalue weighted by atomic mass is 16.2. The maximum atomic E-state index is 12.6. The molecule has 0 radical (unpaired) electrons. The molecule has 5 rings (SSSR count). The highest BCUT2D eigenvalue weighted by molar-refractivity contribution is 5.95. The Balaban J connectivity index is 1.26. The quantitative estimate of drug-likeness (QED) is 0.504. The largest absolute Gasteiger partial charge is 0.323 e. The molecule has 0 aliphatic carbocycles. The van der Waals surface area contributed by atoms with Crippen LogP contribution in [-0.4, -0.2) is 26.5 Å².